The predicted octanol–water partition coefficient (Wildman–Crippen LogP) is 5.76. The molecule has 0 amide bonds. The highest BCUT2D eigenvalue weighted by Crippen LogP contribution is 2.39. The van der Waals surface area contributed by atoms with Crippen LogP contribution in [-0.2, 0) is 4.74 Å². The molecule has 3 heterocycles. The third kappa shape index (κ3) is 3.77. The van der Waals surface area contributed by atoms with Gasteiger partial charge in [-0.3, -0.25) is 0 Å². The Morgan fingerprint density at radius 1 is 1.09 bits per heavy atom. The number of rotatable bonds is 5. The number of anilines is 1. The third-order valence-corrected chi connectivity index (χ3v) is 6.92. The Kier molecular flexibility index (Phi) is 5.46. The molecule has 1 fully saturated rings. The van der Waals surface area contributed by atoms with Crippen LogP contribution in [0.15, 0.2) is 47.0 Å². The molecular formula is C28H31N3O3. The summed E-state index contributed by atoms with van der Waals surface area (Å²) in [4.78, 5) is 7.41. The van der Waals surface area contributed by atoms with E-state index in [9.17, 15) is 5.11 Å². The quantitative estimate of drug-likeness (QED) is 0.411. The van der Waals surface area contributed by atoms with E-state index in [0.717, 1.165) is 69.0 Å². The zero-order valence-corrected chi connectivity index (χ0v) is 20.6. The molecule has 1 saturated heterocycles. The highest BCUT2D eigenvalue weighted by molar-refractivity contribution is 5.94. The van der Waals surface area contributed by atoms with Crippen molar-refractivity contribution in [2.75, 3.05) is 25.1 Å². The summed E-state index contributed by atoms with van der Waals surface area (Å²) in [6, 6.07) is 14.8. The molecule has 1 aliphatic rings. The predicted molar refractivity (Wildman–Crippen MR) is 135 cm³/mol. The third-order valence-electron chi connectivity index (χ3n) is 6.92. The Bertz CT molecular complexity index is 1350. The van der Waals surface area contributed by atoms with Crippen molar-refractivity contribution >= 4 is 16.6 Å². The van der Waals surface area contributed by atoms with Crippen LogP contribution in [0.1, 0.15) is 42.5 Å². The Balaban J connectivity index is 1.66. The normalized spacial score (nSPS) is 16.0. The molecule has 1 atom stereocenters. The van der Waals surface area contributed by atoms with Crippen molar-refractivity contribution in [3.63, 3.8) is 0 Å². The largest absolute Gasteiger partial charge is 0.389 e. The molecule has 1 N–H and O–H groups in total. The summed E-state index contributed by atoms with van der Waals surface area (Å²) in [6.45, 7) is 11.6. The molecule has 6 heteroatoms. The number of aryl methyl sites for hydroxylation is 3. The fourth-order valence-electron chi connectivity index (χ4n) is 4.95. The number of benzene rings is 2. The van der Waals surface area contributed by atoms with Gasteiger partial charge in [-0.1, -0.05) is 23.4 Å². The fourth-order valence-corrected chi connectivity index (χ4v) is 4.95. The maximum Gasteiger partial charge on any atom is 0.143 e. The molecule has 6 nitrogen and oxygen atoms in total. The minimum atomic E-state index is -0.592. The second kappa shape index (κ2) is 8.22. The van der Waals surface area contributed by atoms with Gasteiger partial charge in [0.05, 0.1) is 34.2 Å². The number of ether oxygens (including phenoxy) is 1. The lowest BCUT2D eigenvalue weighted by Gasteiger charge is -2.48. The van der Waals surface area contributed by atoms with Crippen LogP contribution < -0.4 is 4.90 Å². The number of aliphatic hydroxyl groups is 1. The number of hydrogen-bond acceptors (Lipinski definition) is 6. The minimum Gasteiger partial charge on any atom is -0.389 e. The molecular weight excluding hydrogens is 426 g/mol. The molecule has 0 spiro atoms. The van der Waals surface area contributed by atoms with Crippen LogP contribution in [0.25, 0.3) is 33.3 Å². The van der Waals surface area contributed by atoms with Crippen LogP contribution in [0.3, 0.4) is 0 Å². The second-order valence-electron chi connectivity index (χ2n) is 9.74. The molecule has 1 unspecified atom stereocenters. The van der Waals surface area contributed by atoms with Gasteiger partial charge in [-0.2, -0.15) is 0 Å². The summed E-state index contributed by atoms with van der Waals surface area (Å²) < 4.78 is 11.1. The highest BCUT2D eigenvalue weighted by Gasteiger charge is 2.38. The van der Waals surface area contributed by atoms with Crippen molar-refractivity contribution in [1.82, 2.24) is 10.1 Å². The molecule has 2 aromatic heterocycles. The second-order valence-corrected chi connectivity index (χ2v) is 9.74. The van der Waals surface area contributed by atoms with E-state index < -0.39 is 6.10 Å². The van der Waals surface area contributed by atoms with Gasteiger partial charge in [0.2, 0.25) is 0 Å². The van der Waals surface area contributed by atoms with Gasteiger partial charge in [-0.15, -0.1) is 0 Å². The van der Waals surface area contributed by atoms with Crippen molar-refractivity contribution in [3.8, 4) is 22.4 Å². The zero-order valence-electron chi connectivity index (χ0n) is 20.6. The average Bonchev–Trinajstić information content (AvgIpc) is 3.13. The molecule has 0 aliphatic carbocycles. The van der Waals surface area contributed by atoms with Crippen molar-refractivity contribution < 1.29 is 14.4 Å². The number of methoxy groups -OCH3 is 1. The average molecular weight is 458 g/mol. The van der Waals surface area contributed by atoms with Crippen molar-refractivity contribution in [1.29, 1.82) is 0 Å². The Morgan fingerprint density at radius 2 is 1.79 bits per heavy atom. The minimum absolute atomic E-state index is 0.0764. The molecule has 4 aromatic rings. The van der Waals surface area contributed by atoms with E-state index in [0.29, 0.717) is 0 Å². The maximum atomic E-state index is 10.5. The molecule has 5 rings (SSSR count). The summed E-state index contributed by atoms with van der Waals surface area (Å²) in [6.07, 6.45) is -0.592. The zero-order chi connectivity index (χ0) is 24.2. The highest BCUT2D eigenvalue weighted by atomic mass is 16.5. The molecule has 176 valence electrons. The van der Waals surface area contributed by atoms with Crippen LogP contribution in [-0.4, -0.2) is 41.0 Å². The first-order chi connectivity index (χ1) is 16.2. The topological polar surface area (TPSA) is 71.6 Å². The van der Waals surface area contributed by atoms with Gasteiger partial charge >= 0.3 is 0 Å². The first kappa shape index (κ1) is 22.6. The van der Waals surface area contributed by atoms with E-state index in [-0.39, 0.29) is 5.60 Å². The van der Waals surface area contributed by atoms with E-state index >= 15 is 0 Å². The Hall–Kier alpha value is -3.22. The smallest absolute Gasteiger partial charge is 0.143 e. The standard InChI is InChI=1S/C28H31N3O3/c1-16-11-22(18(3)32)24-13-23(27(29-25(24)12-16)26-17(2)30-34-19(26)4)20-7-9-21(10-8-20)31-14-28(5,15-31)33-6/h7-13,18,32H,14-15H2,1-6H3. The molecule has 0 saturated carbocycles. The first-order valence-corrected chi connectivity index (χ1v) is 11.7. The lowest BCUT2D eigenvalue weighted by Crippen LogP contribution is -2.61. The summed E-state index contributed by atoms with van der Waals surface area (Å²) >= 11 is 0. The van der Waals surface area contributed by atoms with E-state index in [1.54, 1.807) is 14.0 Å². The fraction of sp³-hybridized carbons (Fsp3) is 0.357. The number of fused-ring (bicyclic) bond motifs is 1. The molecule has 0 radical (unpaired) electrons. The SMILES string of the molecule is COC1(C)CN(c2ccc(-c3cc4c(C(C)O)cc(C)cc4nc3-c3c(C)noc3C)cc2)C1. The van der Waals surface area contributed by atoms with Crippen molar-refractivity contribution in [3.05, 3.63) is 65.0 Å². The number of nitrogens with zero attached hydrogens (tertiary/aromatic N) is 3. The number of pyridine rings is 1. The lowest BCUT2D eigenvalue weighted by molar-refractivity contribution is -0.0167. The van der Waals surface area contributed by atoms with Gasteiger partial charge in [-0.05, 0) is 75.6 Å². The molecule has 2 aromatic carbocycles. The van der Waals surface area contributed by atoms with E-state index in [1.165, 1.54) is 5.69 Å². The Labute approximate surface area is 200 Å². The summed E-state index contributed by atoms with van der Waals surface area (Å²) in [5.41, 5.74) is 8.51. The molecule has 1 aliphatic heterocycles. The van der Waals surface area contributed by atoms with Crippen LogP contribution >= 0.6 is 0 Å². The summed E-state index contributed by atoms with van der Waals surface area (Å²) in [7, 11) is 1.77. The maximum absolute atomic E-state index is 10.5. The molecule has 34 heavy (non-hydrogen) atoms. The van der Waals surface area contributed by atoms with Crippen LogP contribution in [0, 0.1) is 20.8 Å². The van der Waals surface area contributed by atoms with Gasteiger partial charge in [0.1, 0.15) is 5.76 Å². The first-order valence-electron chi connectivity index (χ1n) is 11.7. The Morgan fingerprint density at radius 3 is 2.38 bits per heavy atom. The summed E-state index contributed by atoms with van der Waals surface area (Å²) in [5, 5.41) is 15.6. The van der Waals surface area contributed by atoms with Gasteiger partial charge in [-0.25, -0.2) is 4.98 Å². The van der Waals surface area contributed by atoms with Crippen LogP contribution in [0.5, 0.6) is 0 Å². The van der Waals surface area contributed by atoms with E-state index in [2.05, 4.69) is 53.4 Å². The monoisotopic (exact) mass is 457 g/mol. The van der Waals surface area contributed by atoms with Crippen molar-refractivity contribution in [2.45, 2.75) is 46.3 Å². The van der Waals surface area contributed by atoms with Gasteiger partial charge in [0.15, 0.2) is 0 Å². The van der Waals surface area contributed by atoms with E-state index in [4.69, 9.17) is 14.2 Å². The molecule has 0 bridgehead atoms. The van der Waals surface area contributed by atoms with Crippen LogP contribution in [0.4, 0.5) is 5.69 Å². The van der Waals surface area contributed by atoms with Gasteiger partial charge < -0.3 is 19.3 Å². The number of aliphatic hydroxyl groups excluding tert-OH is 1. The van der Waals surface area contributed by atoms with Gasteiger partial charge in [0.25, 0.3) is 0 Å². The van der Waals surface area contributed by atoms with Gasteiger partial charge in [0, 0.05) is 36.8 Å². The van der Waals surface area contributed by atoms with Crippen LogP contribution in [0.2, 0.25) is 0 Å². The van der Waals surface area contributed by atoms with Crippen molar-refractivity contribution in [2.24, 2.45) is 0 Å². The van der Waals surface area contributed by atoms with E-state index in [1.807, 2.05) is 26.8 Å². The lowest BCUT2D eigenvalue weighted by atomic mass is 9.92. The summed E-state index contributed by atoms with van der Waals surface area (Å²) in [5.74, 6) is 0.741. The number of hydrogen-bond donors (Lipinski definition) is 1. The number of aromatic nitrogens is 2.